The summed E-state index contributed by atoms with van der Waals surface area (Å²) in [6.07, 6.45) is 3.39. The molecule has 0 saturated carbocycles. The number of anilines is 2. The Balaban J connectivity index is 1.45. The first kappa shape index (κ1) is 23.2. The van der Waals surface area contributed by atoms with Crippen molar-refractivity contribution in [2.45, 2.75) is 29.5 Å². The quantitative estimate of drug-likeness (QED) is 0.460. The van der Waals surface area contributed by atoms with Crippen molar-refractivity contribution in [1.29, 1.82) is 5.26 Å². The van der Waals surface area contributed by atoms with Gasteiger partial charge in [-0.05, 0) is 18.4 Å². The molecule has 1 aliphatic heterocycles. The molecule has 12 heteroatoms. The van der Waals surface area contributed by atoms with E-state index in [-0.39, 0.29) is 23.3 Å². The van der Waals surface area contributed by atoms with E-state index in [4.69, 9.17) is 5.73 Å². The van der Waals surface area contributed by atoms with Gasteiger partial charge in [-0.2, -0.15) is 5.26 Å². The van der Waals surface area contributed by atoms with Crippen LogP contribution in [0.4, 0.5) is 10.3 Å². The van der Waals surface area contributed by atoms with Gasteiger partial charge in [0.2, 0.25) is 11.0 Å². The number of nitrogens with one attached hydrogen (secondary N) is 1. The number of thioether (sulfide) groups is 1. The SMILES string of the molecule is N#CC1=C(N)N(c2nnc(SCC(=O)Nc3nccs3)s2)C2=C(C(=O)CCC2)C1c1ccccc1. The number of ketones is 1. The number of rotatable bonds is 6. The molecule has 176 valence electrons. The number of aromatic nitrogens is 3. The van der Waals surface area contributed by atoms with Crippen LogP contribution in [-0.2, 0) is 9.59 Å². The van der Waals surface area contributed by atoms with Crippen LogP contribution < -0.4 is 16.0 Å². The van der Waals surface area contributed by atoms with Gasteiger partial charge < -0.3 is 11.1 Å². The maximum atomic E-state index is 13.1. The molecule has 35 heavy (non-hydrogen) atoms. The van der Waals surface area contributed by atoms with E-state index in [9.17, 15) is 14.9 Å². The highest BCUT2D eigenvalue weighted by Gasteiger charge is 2.41. The second-order valence-corrected chi connectivity index (χ2v) is 10.8. The van der Waals surface area contributed by atoms with Gasteiger partial charge in [-0.1, -0.05) is 53.4 Å². The third-order valence-electron chi connectivity index (χ3n) is 5.64. The summed E-state index contributed by atoms with van der Waals surface area (Å²) in [4.78, 5) is 31.1. The number of nitriles is 1. The molecule has 1 atom stereocenters. The largest absolute Gasteiger partial charge is 0.384 e. The Morgan fingerprint density at radius 2 is 2.11 bits per heavy atom. The maximum Gasteiger partial charge on any atom is 0.236 e. The molecular weight excluding hydrogens is 503 g/mol. The van der Waals surface area contributed by atoms with Crippen molar-refractivity contribution in [3.8, 4) is 6.07 Å². The Labute approximate surface area is 213 Å². The number of thiazole rings is 1. The van der Waals surface area contributed by atoms with Crippen LogP contribution in [0.3, 0.4) is 0 Å². The molecule has 0 saturated heterocycles. The van der Waals surface area contributed by atoms with E-state index in [2.05, 4.69) is 26.6 Å². The van der Waals surface area contributed by atoms with Crippen molar-refractivity contribution < 1.29 is 9.59 Å². The summed E-state index contributed by atoms with van der Waals surface area (Å²) >= 11 is 3.86. The van der Waals surface area contributed by atoms with E-state index in [1.165, 1.54) is 34.4 Å². The first-order valence-corrected chi connectivity index (χ1v) is 13.4. The summed E-state index contributed by atoms with van der Waals surface area (Å²) < 4.78 is 0.579. The second-order valence-electron chi connectivity index (χ2n) is 7.75. The van der Waals surface area contributed by atoms with Gasteiger partial charge in [0.1, 0.15) is 5.82 Å². The maximum absolute atomic E-state index is 13.1. The second kappa shape index (κ2) is 9.99. The minimum Gasteiger partial charge on any atom is -0.384 e. The molecule has 9 nitrogen and oxygen atoms in total. The summed E-state index contributed by atoms with van der Waals surface area (Å²) in [5.41, 5.74) is 9.09. The molecule has 1 aliphatic carbocycles. The Kier molecular flexibility index (Phi) is 6.63. The lowest BCUT2D eigenvalue weighted by Crippen LogP contribution is -2.38. The van der Waals surface area contributed by atoms with E-state index in [0.717, 1.165) is 11.3 Å². The minimum atomic E-state index is -0.503. The van der Waals surface area contributed by atoms with Gasteiger partial charge in [0.25, 0.3) is 0 Å². The topological polar surface area (TPSA) is 138 Å². The molecule has 5 rings (SSSR count). The Bertz CT molecular complexity index is 1370. The van der Waals surface area contributed by atoms with Crippen molar-refractivity contribution in [3.05, 3.63) is 70.1 Å². The summed E-state index contributed by atoms with van der Waals surface area (Å²) in [6.45, 7) is 0. The van der Waals surface area contributed by atoms with Gasteiger partial charge in [0.15, 0.2) is 15.3 Å². The molecule has 3 aromatic rings. The van der Waals surface area contributed by atoms with Crippen molar-refractivity contribution >= 4 is 56.4 Å². The number of nitrogens with zero attached hydrogens (tertiary/aromatic N) is 5. The average Bonchev–Trinajstić information content (AvgIpc) is 3.55. The van der Waals surface area contributed by atoms with Gasteiger partial charge in [0, 0.05) is 29.3 Å². The van der Waals surface area contributed by atoms with Gasteiger partial charge in [0.05, 0.1) is 23.3 Å². The standard InChI is InChI=1S/C23H19N7O2S3/c24-11-14-18(13-5-2-1-3-6-13)19-15(7-4-8-16(19)31)30(20(14)25)22-28-29-23(35-22)34-12-17(32)27-21-26-9-10-33-21/h1-3,5-6,9-10,18H,4,7-8,12,25H2,(H,26,27,32). The molecule has 1 unspecified atom stereocenters. The fourth-order valence-electron chi connectivity index (χ4n) is 4.20. The summed E-state index contributed by atoms with van der Waals surface area (Å²) in [6, 6.07) is 11.7. The number of amides is 1. The molecule has 0 bridgehead atoms. The third-order valence-corrected chi connectivity index (χ3v) is 8.37. The molecule has 0 spiro atoms. The first-order valence-electron chi connectivity index (χ1n) is 10.7. The highest BCUT2D eigenvalue weighted by atomic mass is 32.2. The summed E-state index contributed by atoms with van der Waals surface area (Å²) in [5.74, 6) is -0.283. The summed E-state index contributed by atoms with van der Waals surface area (Å²) in [7, 11) is 0. The number of benzene rings is 1. The van der Waals surface area contributed by atoms with Crippen LogP contribution in [0.15, 0.2) is 68.9 Å². The Morgan fingerprint density at radius 1 is 1.29 bits per heavy atom. The average molecular weight is 522 g/mol. The molecular formula is C23H19N7O2S3. The first-order chi connectivity index (χ1) is 17.1. The lowest BCUT2D eigenvalue weighted by molar-refractivity contribution is -0.116. The smallest absolute Gasteiger partial charge is 0.236 e. The third kappa shape index (κ3) is 4.58. The van der Waals surface area contributed by atoms with Crippen LogP contribution in [-0.4, -0.2) is 32.6 Å². The number of allylic oxidation sites excluding steroid dienone is 3. The number of nitrogens with two attached hydrogens (primary N) is 1. The predicted octanol–water partition coefficient (Wildman–Crippen LogP) is 4.03. The number of hydrogen-bond donors (Lipinski definition) is 2. The number of Topliss-reactive ketones (excluding diaryl/α,β-unsaturated/α-hetero) is 1. The highest BCUT2D eigenvalue weighted by Crippen LogP contribution is 2.47. The Hall–Kier alpha value is -3.53. The zero-order valence-electron chi connectivity index (χ0n) is 18.3. The molecule has 1 aromatic carbocycles. The minimum absolute atomic E-state index is 0.0170. The molecule has 2 aromatic heterocycles. The van der Waals surface area contributed by atoms with E-state index >= 15 is 0 Å². The zero-order valence-corrected chi connectivity index (χ0v) is 20.8. The van der Waals surface area contributed by atoms with E-state index in [1.54, 1.807) is 16.5 Å². The molecule has 0 radical (unpaired) electrons. The van der Waals surface area contributed by atoms with Gasteiger partial charge in [-0.15, -0.1) is 21.5 Å². The highest BCUT2D eigenvalue weighted by molar-refractivity contribution is 8.01. The number of hydrogen-bond acceptors (Lipinski definition) is 11. The van der Waals surface area contributed by atoms with Crippen LogP contribution >= 0.6 is 34.4 Å². The van der Waals surface area contributed by atoms with Crippen molar-refractivity contribution in [2.75, 3.05) is 16.0 Å². The number of carbonyl (C=O) groups is 2. The summed E-state index contributed by atoms with van der Waals surface area (Å²) in [5, 5.41) is 24.1. The fourth-order valence-corrected chi connectivity index (χ4v) is 6.43. The molecule has 0 fully saturated rings. The van der Waals surface area contributed by atoms with Crippen molar-refractivity contribution in [2.24, 2.45) is 5.73 Å². The van der Waals surface area contributed by atoms with E-state index in [1.807, 2.05) is 30.3 Å². The number of carbonyl (C=O) groups excluding carboxylic acids is 2. The molecule has 1 amide bonds. The predicted molar refractivity (Wildman–Crippen MR) is 136 cm³/mol. The monoisotopic (exact) mass is 521 g/mol. The molecule has 3 N–H and O–H groups in total. The Morgan fingerprint density at radius 3 is 2.86 bits per heavy atom. The van der Waals surface area contributed by atoms with Crippen molar-refractivity contribution in [3.63, 3.8) is 0 Å². The zero-order chi connectivity index (χ0) is 24.4. The normalized spacial score (nSPS) is 17.9. The van der Waals surface area contributed by atoms with Gasteiger partial charge in [-0.25, -0.2) is 4.98 Å². The molecule has 3 heterocycles. The lowest BCUT2D eigenvalue weighted by atomic mass is 9.76. The van der Waals surface area contributed by atoms with Crippen LogP contribution in [0.5, 0.6) is 0 Å². The van der Waals surface area contributed by atoms with Gasteiger partial charge in [-0.3, -0.25) is 14.5 Å². The van der Waals surface area contributed by atoms with Crippen LogP contribution in [0.1, 0.15) is 30.7 Å². The lowest BCUT2D eigenvalue weighted by Gasteiger charge is -2.38. The van der Waals surface area contributed by atoms with Crippen LogP contribution in [0, 0.1) is 11.3 Å². The molecule has 2 aliphatic rings. The van der Waals surface area contributed by atoms with Crippen molar-refractivity contribution in [1.82, 2.24) is 15.2 Å². The van der Waals surface area contributed by atoms with E-state index in [0.29, 0.717) is 45.0 Å². The van der Waals surface area contributed by atoms with Gasteiger partial charge >= 0.3 is 0 Å². The van der Waals surface area contributed by atoms with E-state index < -0.39 is 5.92 Å². The fraction of sp³-hybridized carbons (Fsp3) is 0.217. The van der Waals surface area contributed by atoms with Crippen LogP contribution in [0.2, 0.25) is 0 Å². The van der Waals surface area contributed by atoms with Crippen LogP contribution in [0.25, 0.3) is 0 Å².